The summed E-state index contributed by atoms with van der Waals surface area (Å²) in [4.78, 5) is 28.7. The monoisotopic (exact) mass is 695 g/mol. The zero-order valence-corrected chi connectivity index (χ0v) is 29.2. The molecule has 0 saturated carbocycles. The molecule has 0 spiro atoms. The Morgan fingerprint density at radius 1 is 0.822 bits per heavy atom. The smallest absolute Gasteiger partial charge is 0.272 e. The van der Waals surface area contributed by atoms with Crippen molar-refractivity contribution in [1.29, 1.82) is 0 Å². The number of likely N-dealkylation sites (tertiary alicyclic amines) is 1. The topological polar surface area (TPSA) is 77.0 Å². The molecule has 0 radical (unpaired) electrons. The van der Waals surface area contributed by atoms with E-state index in [1.54, 1.807) is 18.2 Å². The molecule has 2 amide bonds. The molecule has 0 aromatic heterocycles. The van der Waals surface area contributed by atoms with Crippen LogP contribution in [0.25, 0.3) is 0 Å². The number of piperidine rings is 1. The fourth-order valence-corrected chi connectivity index (χ4v) is 7.09. The van der Waals surface area contributed by atoms with Crippen LogP contribution in [0, 0.1) is 0 Å². The van der Waals surface area contributed by atoms with Crippen molar-refractivity contribution in [1.82, 2.24) is 4.90 Å². The predicted molar refractivity (Wildman–Crippen MR) is 190 cm³/mol. The van der Waals surface area contributed by atoms with Crippen LogP contribution in [-0.4, -0.2) is 41.7 Å². The number of anilines is 3. The maximum Gasteiger partial charge on any atom is 0.272 e. The highest BCUT2D eigenvalue weighted by Crippen LogP contribution is 2.39. The van der Waals surface area contributed by atoms with Crippen molar-refractivity contribution < 1.29 is 9.59 Å². The summed E-state index contributed by atoms with van der Waals surface area (Å²) in [6.07, 6.45) is 17.2. The molecule has 11 heteroatoms. The Morgan fingerprint density at radius 3 is 2.04 bits per heavy atom. The summed E-state index contributed by atoms with van der Waals surface area (Å²) in [6, 6.07) is 7.67. The summed E-state index contributed by atoms with van der Waals surface area (Å²) in [5, 5.41) is 13.4. The molecule has 7 nitrogen and oxygen atoms in total. The Kier molecular flexibility index (Phi) is 14.6. The van der Waals surface area contributed by atoms with Crippen LogP contribution in [0.15, 0.2) is 35.4 Å². The Bertz CT molecular complexity index is 1310. The second-order valence-electron chi connectivity index (χ2n) is 12.0. The van der Waals surface area contributed by atoms with Gasteiger partial charge in [0, 0.05) is 17.1 Å². The molecule has 0 aliphatic carbocycles. The number of hydrogen-bond donors (Lipinski definition) is 2. The van der Waals surface area contributed by atoms with Gasteiger partial charge in [-0.2, -0.15) is 5.01 Å². The van der Waals surface area contributed by atoms with E-state index in [1.807, 2.05) is 0 Å². The lowest BCUT2D eigenvalue weighted by Gasteiger charge is -2.31. The summed E-state index contributed by atoms with van der Waals surface area (Å²) in [5.74, 6) is 0.116. The van der Waals surface area contributed by atoms with Crippen molar-refractivity contribution in [2.45, 2.75) is 109 Å². The molecule has 246 valence electrons. The van der Waals surface area contributed by atoms with Crippen molar-refractivity contribution in [2.24, 2.45) is 5.10 Å². The van der Waals surface area contributed by atoms with Crippen molar-refractivity contribution in [2.75, 3.05) is 28.7 Å². The van der Waals surface area contributed by atoms with E-state index in [9.17, 15) is 9.59 Å². The highest BCUT2D eigenvalue weighted by Gasteiger charge is 2.42. The molecule has 2 aliphatic rings. The van der Waals surface area contributed by atoms with Crippen LogP contribution >= 0.6 is 46.4 Å². The van der Waals surface area contributed by atoms with Crippen LogP contribution in [0.3, 0.4) is 0 Å². The second-order valence-corrected chi connectivity index (χ2v) is 13.7. The Hall–Kier alpha value is -2.03. The van der Waals surface area contributed by atoms with Gasteiger partial charge < -0.3 is 10.6 Å². The van der Waals surface area contributed by atoms with Crippen LogP contribution in [0.4, 0.5) is 17.1 Å². The number of amidine groups is 1. The molecule has 1 saturated heterocycles. The molecule has 1 atom stereocenters. The zero-order valence-electron chi connectivity index (χ0n) is 26.2. The number of benzene rings is 2. The molecule has 4 rings (SSSR count). The number of halogens is 4. The number of nitrogens with zero attached hydrogens (tertiary/aromatic N) is 3. The van der Waals surface area contributed by atoms with E-state index in [0.717, 1.165) is 45.2 Å². The summed E-state index contributed by atoms with van der Waals surface area (Å²) in [7, 11) is 0. The first kappa shape index (κ1) is 35.8. The Labute approximate surface area is 288 Å². The number of carbonyl (C=O) groups is 2. The van der Waals surface area contributed by atoms with E-state index in [2.05, 4.69) is 27.6 Å². The lowest BCUT2D eigenvalue weighted by Crippen LogP contribution is -2.50. The quantitative estimate of drug-likeness (QED) is 0.171. The highest BCUT2D eigenvalue weighted by atomic mass is 35.5. The van der Waals surface area contributed by atoms with Crippen molar-refractivity contribution in [3.63, 3.8) is 0 Å². The number of hydrazone groups is 1. The normalized spacial score (nSPS) is 17.1. The summed E-state index contributed by atoms with van der Waals surface area (Å²) in [6.45, 7) is 3.77. The lowest BCUT2D eigenvalue weighted by atomic mass is 10.1. The molecule has 45 heavy (non-hydrogen) atoms. The highest BCUT2D eigenvalue weighted by molar-refractivity contribution is 6.43. The number of hydrogen-bond acceptors (Lipinski definition) is 5. The molecule has 2 heterocycles. The largest absolute Gasteiger partial charge is 0.339 e. The first-order valence-corrected chi connectivity index (χ1v) is 18.0. The van der Waals surface area contributed by atoms with E-state index < -0.39 is 6.04 Å². The van der Waals surface area contributed by atoms with Gasteiger partial charge in [-0.05, 0) is 62.7 Å². The van der Waals surface area contributed by atoms with Gasteiger partial charge in [-0.25, -0.2) is 0 Å². The minimum atomic E-state index is -0.663. The molecular weight excluding hydrogens is 652 g/mol. The zero-order chi connectivity index (χ0) is 32.2. The standard InChI is InChI=1S/C34H45Cl4N5O2/c1-2-3-4-5-6-7-8-9-10-11-13-16-30(44)39-25-17-18-26(36)29(23-25)40-33-32(42-19-14-12-15-20-42)34(45)43(41-33)31-27(37)21-24(35)22-28(31)38/h17-18,21-23,32H,2-16,19-20H2,1H3,(H,39,44)(H,40,41). The Morgan fingerprint density at radius 2 is 1.42 bits per heavy atom. The van der Waals surface area contributed by atoms with Crippen molar-refractivity contribution in [3.8, 4) is 0 Å². The van der Waals surface area contributed by atoms with Crippen molar-refractivity contribution in [3.05, 3.63) is 50.4 Å². The van der Waals surface area contributed by atoms with Crippen LogP contribution < -0.4 is 15.6 Å². The third-order valence-electron chi connectivity index (χ3n) is 8.38. The number of nitrogens with one attached hydrogen (secondary N) is 2. The SMILES string of the molecule is CCCCCCCCCCCCCC(=O)Nc1ccc(Cl)c(NC2=NN(c3c(Cl)cc(Cl)cc3Cl)C(=O)C2N2CCCCC2)c1. The van der Waals surface area contributed by atoms with E-state index >= 15 is 0 Å². The lowest BCUT2D eigenvalue weighted by molar-refractivity contribution is -0.121. The summed E-state index contributed by atoms with van der Waals surface area (Å²) >= 11 is 25.7. The fraction of sp³-hybridized carbons (Fsp3) is 0.559. The third-order valence-corrected chi connectivity index (χ3v) is 9.50. The molecule has 1 unspecified atom stereocenters. The first-order valence-electron chi connectivity index (χ1n) is 16.5. The molecule has 2 aliphatic heterocycles. The second kappa shape index (κ2) is 18.3. The molecule has 2 aromatic carbocycles. The van der Waals surface area contributed by atoms with Gasteiger partial charge in [0.25, 0.3) is 5.91 Å². The minimum Gasteiger partial charge on any atom is -0.339 e. The molecule has 2 N–H and O–H groups in total. The molecule has 0 bridgehead atoms. The van der Waals surface area contributed by atoms with E-state index in [0.29, 0.717) is 33.7 Å². The van der Waals surface area contributed by atoms with Gasteiger partial charge in [-0.15, -0.1) is 5.10 Å². The maximum atomic E-state index is 13.8. The average Bonchev–Trinajstić information content (AvgIpc) is 3.32. The average molecular weight is 698 g/mol. The van der Waals surface area contributed by atoms with E-state index in [4.69, 9.17) is 46.4 Å². The maximum absolute atomic E-state index is 13.8. The van der Waals surface area contributed by atoms with Gasteiger partial charge in [-0.3, -0.25) is 14.5 Å². The van der Waals surface area contributed by atoms with Gasteiger partial charge in [0.1, 0.15) is 5.69 Å². The molecular formula is C34H45Cl4N5O2. The van der Waals surface area contributed by atoms with Crippen molar-refractivity contribution >= 4 is 81.1 Å². The van der Waals surface area contributed by atoms with Gasteiger partial charge in [0.15, 0.2) is 11.9 Å². The molecule has 2 aromatic rings. The van der Waals surface area contributed by atoms with Crippen LogP contribution in [0.1, 0.15) is 103 Å². The van der Waals surface area contributed by atoms with Crippen LogP contribution in [0.2, 0.25) is 20.1 Å². The fourth-order valence-electron chi connectivity index (χ4n) is 5.95. The van der Waals surface area contributed by atoms with E-state index in [-0.39, 0.29) is 27.5 Å². The number of rotatable bonds is 16. The van der Waals surface area contributed by atoms with Gasteiger partial charge in [0.05, 0.1) is 20.8 Å². The van der Waals surface area contributed by atoms with Crippen LogP contribution in [0.5, 0.6) is 0 Å². The summed E-state index contributed by atoms with van der Waals surface area (Å²) < 4.78 is 0. The summed E-state index contributed by atoms with van der Waals surface area (Å²) in [5.41, 5.74) is 1.43. The van der Waals surface area contributed by atoms with Gasteiger partial charge in [0.2, 0.25) is 5.91 Å². The Balaban J connectivity index is 1.36. The van der Waals surface area contributed by atoms with Gasteiger partial charge >= 0.3 is 0 Å². The van der Waals surface area contributed by atoms with Gasteiger partial charge in [-0.1, -0.05) is 124 Å². The number of amides is 2. The number of carbonyl (C=O) groups excluding carboxylic acids is 2. The van der Waals surface area contributed by atoms with Crippen LogP contribution in [-0.2, 0) is 9.59 Å². The minimum absolute atomic E-state index is 0.0306. The number of unbranched alkanes of at least 4 members (excludes halogenated alkanes) is 10. The van der Waals surface area contributed by atoms with E-state index in [1.165, 1.54) is 74.9 Å². The first-order chi connectivity index (χ1) is 21.8. The third kappa shape index (κ3) is 10.5. The predicted octanol–water partition coefficient (Wildman–Crippen LogP) is 10.6. The molecule has 1 fully saturated rings.